The Bertz CT molecular complexity index is 761. The van der Waals surface area contributed by atoms with Crippen LogP contribution in [0.3, 0.4) is 0 Å². The van der Waals surface area contributed by atoms with Crippen LogP contribution in [0.25, 0.3) is 0 Å². The molecule has 0 aromatic heterocycles. The second-order valence-corrected chi connectivity index (χ2v) is 8.59. The topological polar surface area (TPSA) is 83.0 Å². The summed E-state index contributed by atoms with van der Waals surface area (Å²) in [5.74, 6) is 0.567. The fourth-order valence-corrected chi connectivity index (χ4v) is 3.41. The molecule has 2 rings (SSSR count). The molecule has 30 heavy (non-hydrogen) atoms. The molecule has 0 saturated carbocycles. The summed E-state index contributed by atoms with van der Waals surface area (Å²) in [5.41, 5.74) is 1.29. The number of carbonyl (C=O) groups is 2. The first-order valence-electron chi connectivity index (χ1n) is 10.2. The molecule has 0 radical (unpaired) electrons. The van der Waals surface area contributed by atoms with Crippen LogP contribution < -0.4 is 10.6 Å². The van der Waals surface area contributed by atoms with E-state index < -0.39 is 0 Å². The Morgan fingerprint density at radius 1 is 1.27 bits per heavy atom. The van der Waals surface area contributed by atoms with Gasteiger partial charge in [-0.1, -0.05) is 19.1 Å². The summed E-state index contributed by atoms with van der Waals surface area (Å²) in [7, 11) is 1.43. The van der Waals surface area contributed by atoms with Crippen LogP contribution in [0.15, 0.2) is 29.3 Å². The Labute approximate surface area is 197 Å². The van der Waals surface area contributed by atoms with Crippen molar-refractivity contribution in [2.45, 2.75) is 46.7 Å². The van der Waals surface area contributed by atoms with Crippen molar-refractivity contribution in [1.82, 2.24) is 15.5 Å². The molecule has 1 aliphatic rings. The number of esters is 1. The van der Waals surface area contributed by atoms with E-state index in [1.165, 1.54) is 7.11 Å². The predicted molar refractivity (Wildman–Crippen MR) is 130 cm³/mol. The van der Waals surface area contributed by atoms with Crippen molar-refractivity contribution in [3.05, 3.63) is 35.4 Å². The van der Waals surface area contributed by atoms with E-state index >= 15 is 0 Å². The number of benzene rings is 1. The lowest BCUT2D eigenvalue weighted by atomic mass is 9.99. The molecule has 2 N–H and O–H groups in total. The lowest BCUT2D eigenvalue weighted by Crippen LogP contribution is -2.40. The van der Waals surface area contributed by atoms with E-state index in [9.17, 15) is 9.59 Å². The van der Waals surface area contributed by atoms with Crippen LogP contribution in [-0.4, -0.2) is 55.0 Å². The van der Waals surface area contributed by atoms with Gasteiger partial charge in [-0.05, 0) is 51.3 Å². The normalized spacial score (nSPS) is 19.1. The van der Waals surface area contributed by atoms with Gasteiger partial charge in [0.2, 0.25) is 0 Å². The molecule has 168 valence electrons. The number of hydrogen-bond acceptors (Lipinski definition) is 4. The van der Waals surface area contributed by atoms with Gasteiger partial charge in [0, 0.05) is 30.7 Å². The number of nitrogens with one attached hydrogen (secondary N) is 2. The van der Waals surface area contributed by atoms with Gasteiger partial charge in [0.05, 0.1) is 19.6 Å². The summed E-state index contributed by atoms with van der Waals surface area (Å²) in [5, 5.41) is 6.29. The van der Waals surface area contributed by atoms with Gasteiger partial charge in [-0.25, -0.2) is 4.99 Å². The number of nitrogens with zero attached hydrogens (tertiary/aromatic N) is 2. The first kappa shape index (κ1) is 26.2. The van der Waals surface area contributed by atoms with E-state index in [-0.39, 0.29) is 53.2 Å². The van der Waals surface area contributed by atoms with E-state index in [1.54, 1.807) is 0 Å². The SMILES string of the molecule is CCNC(=NCc1cccc(C(=O)NC(C)(C)C)c1)N1CC(C)C(C(=O)OC)C1.I. The fourth-order valence-electron chi connectivity index (χ4n) is 3.41. The Kier molecular flexibility index (Phi) is 10.1. The molecule has 1 saturated heterocycles. The molecule has 0 aliphatic carbocycles. The van der Waals surface area contributed by atoms with E-state index in [0.29, 0.717) is 18.7 Å². The van der Waals surface area contributed by atoms with Gasteiger partial charge in [0.25, 0.3) is 5.91 Å². The largest absolute Gasteiger partial charge is 0.469 e. The number of guanidine groups is 1. The van der Waals surface area contributed by atoms with Crippen LogP contribution in [0.2, 0.25) is 0 Å². The molecule has 1 aromatic rings. The number of amides is 1. The minimum Gasteiger partial charge on any atom is -0.469 e. The Hall–Kier alpha value is -1.84. The summed E-state index contributed by atoms with van der Waals surface area (Å²) >= 11 is 0. The molecule has 1 aromatic carbocycles. The summed E-state index contributed by atoms with van der Waals surface area (Å²) < 4.78 is 4.93. The molecule has 2 atom stereocenters. The van der Waals surface area contributed by atoms with E-state index in [4.69, 9.17) is 9.73 Å². The van der Waals surface area contributed by atoms with Crippen molar-refractivity contribution < 1.29 is 14.3 Å². The lowest BCUT2D eigenvalue weighted by Gasteiger charge is -2.22. The highest BCUT2D eigenvalue weighted by Crippen LogP contribution is 2.24. The number of likely N-dealkylation sites (tertiary alicyclic amines) is 1. The van der Waals surface area contributed by atoms with Crippen LogP contribution in [0.1, 0.15) is 50.5 Å². The van der Waals surface area contributed by atoms with Crippen molar-refractivity contribution >= 4 is 41.8 Å². The first-order valence-corrected chi connectivity index (χ1v) is 10.2. The zero-order valence-electron chi connectivity index (χ0n) is 18.8. The molecular formula is C22H35IN4O3. The minimum absolute atomic E-state index is 0. The molecule has 1 heterocycles. The molecule has 0 spiro atoms. The number of halogens is 1. The van der Waals surface area contributed by atoms with E-state index in [2.05, 4.69) is 22.5 Å². The Morgan fingerprint density at radius 2 is 1.97 bits per heavy atom. The fraction of sp³-hybridized carbons (Fsp3) is 0.591. The molecule has 1 fully saturated rings. The van der Waals surface area contributed by atoms with Gasteiger partial charge in [-0.2, -0.15) is 0 Å². The average Bonchev–Trinajstić information content (AvgIpc) is 3.05. The lowest BCUT2D eigenvalue weighted by molar-refractivity contribution is -0.145. The molecule has 2 unspecified atom stereocenters. The number of hydrogen-bond donors (Lipinski definition) is 2. The van der Waals surface area contributed by atoms with Crippen molar-refractivity contribution in [3.63, 3.8) is 0 Å². The van der Waals surface area contributed by atoms with E-state index in [0.717, 1.165) is 24.6 Å². The number of carbonyl (C=O) groups excluding carboxylic acids is 2. The van der Waals surface area contributed by atoms with Crippen molar-refractivity contribution in [2.24, 2.45) is 16.8 Å². The molecular weight excluding hydrogens is 495 g/mol. The van der Waals surface area contributed by atoms with E-state index in [1.807, 2.05) is 52.0 Å². The van der Waals surface area contributed by atoms with Gasteiger partial charge in [0.15, 0.2) is 5.96 Å². The maximum absolute atomic E-state index is 12.4. The third-order valence-electron chi connectivity index (χ3n) is 4.84. The molecule has 0 bridgehead atoms. The van der Waals surface area contributed by atoms with Gasteiger partial charge in [-0.3, -0.25) is 9.59 Å². The zero-order valence-corrected chi connectivity index (χ0v) is 21.2. The highest BCUT2D eigenvalue weighted by atomic mass is 127. The highest BCUT2D eigenvalue weighted by molar-refractivity contribution is 14.0. The van der Waals surface area contributed by atoms with Gasteiger partial charge in [0.1, 0.15) is 0 Å². The molecule has 7 nitrogen and oxygen atoms in total. The number of methoxy groups -OCH3 is 1. The summed E-state index contributed by atoms with van der Waals surface area (Å²) in [4.78, 5) is 31.2. The standard InChI is InChI=1S/C22H34N4O3.HI/c1-7-23-21(26-13-15(2)18(14-26)20(28)29-6)24-12-16-9-8-10-17(11-16)19(27)25-22(3,4)5;/h8-11,15,18H,7,12-14H2,1-6H3,(H,23,24)(H,25,27);1H. The smallest absolute Gasteiger partial charge is 0.310 e. The monoisotopic (exact) mass is 530 g/mol. The second kappa shape index (κ2) is 11.5. The average molecular weight is 530 g/mol. The van der Waals surface area contributed by atoms with Crippen LogP contribution in [0, 0.1) is 11.8 Å². The third kappa shape index (κ3) is 7.45. The minimum atomic E-state index is -0.286. The summed E-state index contributed by atoms with van der Waals surface area (Å²) in [6.45, 7) is 12.5. The van der Waals surface area contributed by atoms with Gasteiger partial charge < -0.3 is 20.3 Å². The Balaban J connectivity index is 0.00000450. The highest BCUT2D eigenvalue weighted by Gasteiger charge is 2.36. The van der Waals surface area contributed by atoms with Gasteiger partial charge in [-0.15, -0.1) is 24.0 Å². The van der Waals surface area contributed by atoms with Crippen molar-refractivity contribution in [2.75, 3.05) is 26.7 Å². The quantitative estimate of drug-likeness (QED) is 0.265. The Morgan fingerprint density at radius 3 is 2.57 bits per heavy atom. The number of rotatable bonds is 5. The van der Waals surface area contributed by atoms with Crippen molar-refractivity contribution in [3.8, 4) is 0 Å². The van der Waals surface area contributed by atoms with Gasteiger partial charge >= 0.3 is 5.97 Å². The van der Waals surface area contributed by atoms with Crippen molar-refractivity contribution in [1.29, 1.82) is 0 Å². The molecule has 1 amide bonds. The first-order chi connectivity index (χ1) is 13.6. The zero-order chi connectivity index (χ0) is 21.6. The number of aliphatic imine (C=N–C) groups is 1. The second-order valence-electron chi connectivity index (χ2n) is 8.59. The number of ether oxygens (including phenoxy) is 1. The summed E-state index contributed by atoms with van der Waals surface area (Å²) in [6.07, 6.45) is 0. The summed E-state index contributed by atoms with van der Waals surface area (Å²) in [6, 6.07) is 7.52. The maximum atomic E-state index is 12.4. The maximum Gasteiger partial charge on any atom is 0.310 e. The van der Waals surface area contributed by atoms with Crippen LogP contribution in [0.5, 0.6) is 0 Å². The predicted octanol–water partition coefficient (Wildman–Crippen LogP) is 3.04. The molecule has 8 heteroatoms. The van der Waals surface area contributed by atoms with Crippen LogP contribution >= 0.6 is 24.0 Å². The third-order valence-corrected chi connectivity index (χ3v) is 4.84. The molecule has 1 aliphatic heterocycles. The van der Waals surface area contributed by atoms with Crippen LogP contribution in [-0.2, 0) is 16.1 Å². The van der Waals surface area contributed by atoms with Crippen LogP contribution in [0.4, 0.5) is 0 Å².